The minimum Gasteiger partial charge on any atom is -0.464 e. The van der Waals surface area contributed by atoms with Crippen molar-refractivity contribution in [2.24, 2.45) is 5.73 Å². The summed E-state index contributed by atoms with van der Waals surface area (Å²) in [6.07, 6.45) is 2.90. The second-order valence-electron chi connectivity index (χ2n) is 3.89. The third-order valence-corrected chi connectivity index (χ3v) is 2.81. The molecular formula is C13H15NO2. The molecule has 0 aliphatic heterocycles. The van der Waals surface area contributed by atoms with Crippen molar-refractivity contribution in [2.75, 3.05) is 6.54 Å². The number of rotatable bonds is 4. The topological polar surface area (TPSA) is 56.2 Å². The molecule has 0 saturated carbocycles. The lowest BCUT2D eigenvalue weighted by Gasteiger charge is -2.05. The SMILES string of the molecule is Cc1c(C(=O)CCCN)ccc2occc12. The molecule has 1 heterocycles. The number of nitrogens with two attached hydrogens (primary N) is 1. The Morgan fingerprint density at radius 3 is 2.94 bits per heavy atom. The maximum absolute atomic E-state index is 11.9. The van der Waals surface area contributed by atoms with Gasteiger partial charge in [-0.25, -0.2) is 0 Å². The fourth-order valence-electron chi connectivity index (χ4n) is 1.89. The van der Waals surface area contributed by atoms with E-state index in [9.17, 15) is 4.79 Å². The van der Waals surface area contributed by atoms with Crippen molar-refractivity contribution in [1.29, 1.82) is 0 Å². The molecule has 2 N–H and O–H groups in total. The van der Waals surface area contributed by atoms with Crippen LogP contribution in [0.25, 0.3) is 11.0 Å². The molecular weight excluding hydrogens is 202 g/mol. The maximum Gasteiger partial charge on any atom is 0.163 e. The minimum absolute atomic E-state index is 0.158. The molecule has 84 valence electrons. The summed E-state index contributed by atoms with van der Waals surface area (Å²) in [5.74, 6) is 0.158. The van der Waals surface area contributed by atoms with Gasteiger partial charge in [0.1, 0.15) is 5.58 Å². The van der Waals surface area contributed by atoms with Gasteiger partial charge in [-0.2, -0.15) is 0 Å². The highest BCUT2D eigenvalue weighted by Gasteiger charge is 2.11. The maximum atomic E-state index is 11.9. The number of carbonyl (C=O) groups excluding carboxylic acids is 1. The van der Waals surface area contributed by atoms with Gasteiger partial charge in [-0.3, -0.25) is 4.79 Å². The van der Waals surface area contributed by atoms with Crippen LogP contribution in [-0.2, 0) is 0 Å². The lowest BCUT2D eigenvalue weighted by molar-refractivity contribution is 0.0980. The number of Topliss-reactive ketones (excluding diaryl/α,β-unsaturated/α-hetero) is 1. The van der Waals surface area contributed by atoms with Gasteiger partial charge in [0.25, 0.3) is 0 Å². The van der Waals surface area contributed by atoms with Crippen LogP contribution in [0.5, 0.6) is 0 Å². The van der Waals surface area contributed by atoms with E-state index in [0.717, 1.165) is 28.5 Å². The third-order valence-electron chi connectivity index (χ3n) is 2.81. The Bertz CT molecular complexity index is 514. The van der Waals surface area contributed by atoms with Crippen molar-refractivity contribution in [3.8, 4) is 0 Å². The molecule has 16 heavy (non-hydrogen) atoms. The summed E-state index contributed by atoms with van der Waals surface area (Å²) in [5.41, 5.74) is 8.00. The summed E-state index contributed by atoms with van der Waals surface area (Å²) >= 11 is 0. The fraction of sp³-hybridized carbons (Fsp3) is 0.308. The first-order valence-electron chi connectivity index (χ1n) is 5.44. The summed E-state index contributed by atoms with van der Waals surface area (Å²) in [6.45, 7) is 2.51. The van der Waals surface area contributed by atoms with E-state index in [1.54, 1.807) is 6.26 Å². The summed E-state index contributed by atoms with van der Waals surface area (Å²) in [4.78, 5) is 11.9. The average molecular weight is 217 g/mol. The monoisotopic (exact) mass is 217 g/mol. The lowest BCUT2D eigenvalue weighted by atomic mass is 9.99. The predicted octanol–water partition coefficient (Wildman–Crippen LogP) is 2.66. The second kappa shape index (κ2) is 4.49. The molecule has 0 saturated heterocycles. The summed E-state index contributed by atoms with van der Waals surface area (Å²) in [6, 6.07) is 5.57. The molecule has 1 aromatic carbocycles. The van der Waals surface area contributed by atoms with Crippen LogP contribution < -0.4 is 5.73 Å². The van der Waals surface area contributed by atoms with Gasteiger partial charge in [0.2, 0.25) is 0 Å². The number of aryl methyl sites for hydroxylation is 1. The van der Waals surface area contributed by atoms with Crippen LogP contribution in [-0.4, -0.2) is 12.3 Å². The zero-order chi connectivity index (χ0) is 11.5. The standard InChI is InChI=1S/C13H15NO2/c1-9-10(12(15)3-2-7-14)4-5-13-11(9)6-8-16-13/h4-6,8H,2-3,7,14H2,1H3. The first-order chi connectivity index (χ1) is 7.74. The lowest BCUT2D eigenvalue weighted by Crippen LogP contribution is -2.06. The summed E-state index contributed by atoms with van der Waals surface area (Å²) < 4.78 is 5.28. The van der Waals surface area contributed by atoms with E-state index < -0.39 is 0 Å². The van der Waals surface area contributed by atoms with E-state index >= 15 is 0 Å². The van der Waals surface area contributed by atoms with Crippen LogP contribution >= 0.6 is 0 Å². The van der Waals surface area contributed by atoms with Gasteiger partial charge in [0, 0.05) is 17.4 Å². The molecule has 0 fully saturated rings. The Balaban J connectivity index is 2.37. The van der Waals surface area contributed by atoms with Gasteiger partial charge < -0.3 is 10.2 Å². The first-order valence-corrected chi connectivity index (χ1v) is 5.44. The molecule has 2 rings (SSSR count). The number of ketones is 1. The molecule has 0 radical (unpaired) electrons. The fourth-order valence-corrected chi connectivity index (χ4v) is 1.89. The Labute approximate surface area is 94.2 Å². The minimum atomic E-state index is 0.158. The predicted molar refractivity (Wildman–Crippen MR) is 63.6 cm³/mol. The molecule has 0 unspecified atom stereocenters. The number of benzene rings is 1. The molecule has 3 heteroatoms. The molecule has 0 bridgehead atoms. The van der Waals surface area contributed by atoms with Crippen LogP contribution in [0, 0.1) is 6.92 Å². The highest BCUT2D eigenvalue weighted by Crippen LogP contribution is 2.23. The van der Waals surface area contributed by atoms with Crippen molar-refractivity contribution in [2.45, 2.75) is 19.8 Å². The van der Waals surface area contributed by atoms with Crippen molar-refractivity contribution in [3.63, 3.8) is 0 Å². The highest BCUT2D eigenvalue weighted by molar-refractivity contribution is 6.01. The number of furan rings is 1. The molecule has 0 atom stereocenters. The van der Waals surface area contributed by atoms with Gasteiger partial charge in [-0.15, -0.1) is 0 Å². The van der Waals surface area contributed by atoms with E-state index in [1.807, 2.05) is 25.1 Å². The Morgan fingerprint density at radius 1 is 1.38 bits per heavy atom. The number of hydrogen-bond donors (Lipinski definition) is 1. The van der Waals surface area contributed by atoms with Crippen molar-refractivity contribution in [1.82, 2.24) is 0 Å². The van der Waals surface area contributed by atoms with Gasteiger partial charge in [0.05, 0.1) is 6.26 Å². The van der Waals surface area contributed by atoms with Gasteiger partial charge in [-0.05, 0) is 43.7 Å². The van der Waals surface area contributed by atoms with Crippen LogP contribution in [0.15, 0.2) is 28.9 Å². The summed E-state index contributed by atoms with van der Waals surface area (Å²) in [7, 11) is 0. The van der Waals surface area contributed by atoms with E-state index in [4.69, 9.17) is 10.2 Å². The smallest absolute Gasteiger partial charge is 0.163 e. The number of carbonyl (C=O) groups is 1. The van der Waals surface area contributed by atoms with Gasteiger partial charge in [-0.1, -0.05) is 0 Å². The van der Waals surface area contributed by atoms with Crippen LogP contribution in [0.2, 0.25) is 0 Å². The van der Waals surface area contributed by atoms with Crippen molar-refractivity contribution in [3.05, 3.63) is 35.6 Å². The molecule has 2 aromatic rings. The third kappa shape index (κ3) is 1.86. The summed E-state index contributed by atoms with van der Waals surface area (Å²) in [5, 5.41) is 1.01. The van der Waals surface area contributed by atoms with Crippen LogP contribution in [0.3, 0.4) is 0 Å². The Hall–Kier alpha value is -1.61. The molecule has 0 aliphatic rings. The van der Waals surface area contributed by atoms with E-state index in [2.05, 4.69) is 0 Å². The molecule has 0 amide bonds. The average Bonchev–Trinajstić information content (AvgIpc) is 2.75. The number of hydrogen-bond acceptors (Lipinski definition) is 3. The molecule has 0 spiro atoms. The van der Waals surface area contributed by atoms with Crippen molar-refractivity contribution < 1.29 is 9.21 Å². The zero-order valence-corrected chi connectivity index (χ0v) is 9.32. The molecule has 1 aromatic heterocycles. The van der Waals surface area contributed by atoms with Gasteiger partial charge >= 0.3 is 0 Å². The Morgan fingerprint density at radius 2 is 2.19 bits per heavy atom. The van der Waals surface area contributed by atoms with E-state index in [-0.39, 0.29) is 5.78 Å². The normalized spacial score (nSPS) is 10.9. The zero-order valence-electron chi connectivity index (χ0n) is 9.32. The Kier molecular flexibility index (Phi) is 3.06. The van der Waals surface area contributed by atoms with Gasteiger partial charge in [0.15, 0.2) is 5.78 Å². The van der Waals surface area contributed by atoms with Crippen molar-refractivity contribution >= 4 is 16.8 Å². The number of fused-ring (bicyclic) bond motifs is 1. The quantitative estimate of drug-likeness (QED) is 0.801. The molecule has 0 aliphatic carbocycles. The second-order valence-corrected chi connectivity index (χ2v) is 3.89. The van der Waals surface area contributed by atoms with E-state index in [1.165, 1.54) is 0 Å². The highest BCUT2D eigenvalue weighted by atomic mass is 16.3. The van der Waals surface area contributed by atoms with E-state index in [0.29, 0.717) is 13.0 Å². The molecule has 3 nitrogen and oxygen atoms in total. The largest absolute Gasteiger partial charge is 0.464 e. The van der Waals surface area contributed by atoms with Crippen LogP contribution in [0.1, 0.15) is 28.8 Å². The van der Waals surface area contributed by atoms with Crippen LogP contribution in [0.4, 0.5) is 0 Å². The first kappa shape index (κ1) is 10.9.